The molecule has 2 amide bonds. The summed E-state index contributed by atoms with van der Waals surface area (Å²) >= 11 is 0. The van der Waals surface area contributed by atoms with E-state index in [-0.39, 0.29) is 23.3 Å². The molecule has 0 saturated carbocycles. The number of carbonyl (C=O) groups excluding carboxylic acids is 2. The van der Waals surface area contributed by atoms with Crippen molar-refractivity contribution >= 4 is 33.2 Å². The summed E-state index contributed by atoms with van der Waals surface area (Å²) in [5.41, 5.74) is 4.67. The normalized spacial score (nSPS) is 15.9. The van der Waals surface area contributed by atoms with Crippen LogP contribution in [0.15, 0.2) is 60.7 Å². The summed E-state index contributed by atoms with van der Waals surface area (Å²) < 4.78 is 25.5. The van der Waals surface area contributed by atoms with Crippen molar-refractivity contribution < 1.29 is 23.1 Å². The summed E-state index contributed by atoms with van der Waals surface area (Å²) in [5, 5.41) is 10.0. The van der Waals surface area contributed by atoms with Crippen molar-refractivity contribution in [2.24, 2.45) is 0 Å². The number of piperidine rings is 1. The molecule has 0 aliphatic carbocycles. The molecule has 0 aromatic heterocycles. The van der Waals surface area contributed by atoms with E-state index in [0.717, 1.165) is 48.9 Å². The van der Waals surface area contributed by atoms with Gasteiger partial charge in [0.05, 0.1) is 11.9 Å². The van der Waals surface area contributed by atoms with Gasteiger partial charge in [-0.3, -0.25) is 14.3 Å². The van der Waals surface area contributed by atoms with Crippen LogP contribution in [0.5, 0.6) is 5.75 Å². The van der Waals surface area contributed by atoms with Crippen LogP contribution in [0.2, 0.25) is 0 Å². The molecule has 37 heavy (non-hydrogen) atoms. The molecule has 1 saturated heterocycles. The van der Waals surface area contributed by atoms with E-state index < -0.39 is 10.0 Å². The Labute approximate surface area is 216 Å². The van der Waals surface area contributed by atoms with Crippen molar-refractivity contribution in [3.8, 4) is 16.9 Å². The van der Waals surface area contributed by atoms with E-state index in [2.05, 4.69) is 4.72 Å². The standard InChI is InChI=1S/C28H29N3O5S/c1-37(35,36)29-25-18-23(10-12-26(25)32)31-16-13-22-17-21(9-11-24(22)28(31)34)19-5-7-20(8-6-19)27(33)30-14-3-2-4-15-30/h5-12,17-18,29,32H,2-4,13-16H2,1H3. The highest BCUT2D eigenvalue weighted by molar-refractivity contribution is 7.92. The molecule has 0 spiro atoms. The first kappa shape index (κ1) is 24.8. The molecule has 0 atom stereocenters. The third-order valence-electron chi connectivity index (χ3n) is 6.88. The number of anilines is 2. The van der Waals surface area contributed by atoms with Gasteiger partial charge in [-0.05, 0) is 78.8 Å². The van der Waals surface area contributed by atoms with E-state index in [4.69, 9.17) is 0 Å². The first-order valence-electron chi connectivity index (χ1n) is 12.3. The highest BCUT2D eigenvalue weighted by Crippen LogP contribution is 2.33. The first-order valence-corrected chi connectivity index (χ1v) is 14.2. The van der Waals surface area contributed by atoms with E-state index in [9.17, 15) is 23.1 Å². The summed E-state index contributed by atoms with van der Waals surface area (Å²) in [4.78, 5) is 29.6. The Kier molecular flexibility index (Phi) is 6.64. The summed E-state index contributed by atoms with van der Waals surface area (Å²) in [6, 6.07) is 17.8. The summed E-state index contributed by atoms with van der Waals surface area (Å²) in [6.45, 7) is 2.05. The van der Waals surface area contributed by atoms with Gasteiger partial charge >= 0.3 is 0 Å². The van der Waals surface area contributed by atoms with Gasteiger partial charge in [-0.1, -0.05) is 24.3 Å². The lowest BCUT2D eigenvalue weighted by Crippen LogP contribution is -2.37. The molecule has 0 unspecified atom stereocenters. The number of nitrogens with zero attached hydrogens (tertiary/aromatic N) is 2. The van der Waals surface area contributed by atoms with Crippen LogP contribution < -0.4 is 9.62 Å². The molecule has 0 bridgehead atoms. The topological polar surface area (TPSA) is 107 Å². The summed E-state index contributed by atoms with van der Waals surface area (Å²) in [6.07, 6.45) is 4.91. The molecule has 2 heterocycles. The molecule has 5 rings (SSSR count). The Morgan fingerprint density at radius 3 is 2.30 bits per heavy atom. The van der Waals surface area contributed by atoms with Crippen molar-refractivity contribution in [3.05, 3.63) is 77.4 Å². The maximum Gasteiger partial charge on any atom is 0.258 e. The minimum atomic E-state index is -3.59. The van der Waals surface area contributed by atoms with Gasteiger partial charge in [0.15, 0.2) is 0 Å². The second-order valence-electron chi connectivity index (χ2n) is 9.58. The maximum atomic E-state index is 13.3. The Balaban J connectivity index is 1.35. The van der Waals surface area contributed by atoms with Gasteiger partial charge in [0.1, 0.15) is 5.75 Å². The molecule has 2 aliphatic rings. The Hall–Kier alpha value is -3.85. The number of fused-ring (bicyclic) bond motifs is 1. The monoisotopic (exact) mass is 519 g/mol. The van der Waals surface area contributed by atoms with Crippen LogP contribution >= 0.6 is 0 Å². The fraction of sp³-hybridized carbons (Fsp3) is 0.286. The van der Waals surface area contributed by atoms with E-state index >= 15 is 0 Å². The molecule has 9 heteroatoms. The van der Waals surface area contributed by atoms with E-state index in [0.29, 0.717) is 29.8 Å². The molecule has 8 nitrogen and oxygen atoms in total. The zero-order valence-electron chi connectivity index (χ0n) is 20.6. The number of likely N-dealkylation sites (tertiary alicyclic amines) is 1. The third-order valence-corrected chi connectivity index (χ3v) is 7.47. The van der Waals surface area contributed by atoms with Crippen LogP contribution in [0.25, 0.3) is 11.1 Å². The van der Waals surface area contributed by atoms with Crippen molar-refractivity contribution in [3.63, 3.8) is 0 Å². The van der Waals surface area contributed by atoms with Gasteiger partial charge in [0, 0.05) is 36.4 Å². The lowest BCUT2D eigenvalue weighted by Gasteiger charge is -2.29. The predicted octanol–water partition coefficient (Wildman–Crippen LogP) is 4.26. The second kappa shape index (κ2) is 9.89. The van der Waals surface area contributed by atoms with Crippen LogP contribution in [0, 0.1) is 0 Å². The Bertz CT molecular complexity index is 1460. The van der Waals surface area contributed by atoms with Crippen LogP contribution in [0.1, 0.15) is 45.5 Å². The smallest absolute Gasteiger partial charge is 0.258 e. The second-order valence-corrected chi connectivity index (χ2v) is 11.3. The quantitative estimate of drug-likeness (QED) is 0.490. The number of hydrogen-bond donors (Lipinski definition) is 2. The number of amides is 2. The number of phenolic OH excluding ortho intramolecular Hbond substituents is 1. The molecule has 0 radical (unpaired) electrons. The van der Waals surface area contributed by atoms with Gasteiger partial charge < -0.3 is 14.9 Å². The van der Waals surface area contributed by atoms with Gasteiger partial charge in [-0.2, -0.15) is 0 Å². The summed E-state index contributed by atoms with van der Waals surface area (Å²) in [7, 11) is -3.59. The molecule has 2 N–H and O–H groups in total. The van der Waals surface area contributed by atoms with Crippen molar-refractivity contribution in [2.75, 3.05) is 35.5 Å². The fourth-order valence-electron chi connectivity index (χ4n) is 4.97. The van der Waals surface area contributed by atoms with Crippen LogP contribution in [-0.2, 0) is 16.4 Å². The summed E-state index contributed by atoms with van der Waals surface area (Å²) in [5.74, 6) is -0.329. The van der Waals surface area contributed by atoms with Crippen LogP contribution in [0.4, 0.5) is 11.4 Å². The number of phenols is 1. The zero-order chi connectivity index (χ0) is 26.2. The lowest BCUT2D eigenvalue weighted by atomic mass is 9.93. The molecule has 2 aliphatic heterocycles. The Morgan fingerprint density at radius 2 is 1.59 bits per heavy atom. The number of carbonyl (C=O) groups is 2. The maximum absolute atomic E-state index is 13.3. The van der Waals surface area contributed by atoms with E-state index in [1.807, 2.05) is 47.4 Å². The number of sulfonamides is 1. The van der Waals surface area contributed by atoms with E-state index in [1.165, 1.54) is 18.6 Å². The third kappa shape index (κ3) is 5.32. The first-order chi connectivity index (χ1) is 17.7. The van der Waals surface area contributed by atoms with Crippen molar-refractivity contribution in [1.29, 1.82) is 0 Å². The molecule has 192 valence electrons. The predicted molar refractivity (Wildman–Crippen MR) is 144 cm³/mol. The molecular weight excluding hydrogens is 490 g/mol. The largest absolute Gasteiger partial charge is 0.506 e. The number of hydrogen-bond acceptors (Lipinski definition) is 5. The number of nitrogens with one attached hydrogen (secondary N) is 1. The molecule has 3 aromatic carbocycles. The van der Waals surface area contributed by atoms with E-state index in [1.54, 1.807) is 11.0 Å². The van der Waals surface area contributed by atoms with Crippen molar-refractivity contribution in [1.82, 2.24) is 4.90 Å². The Morgan fingerprint density at radius 1 is 0.892 bits per heavy atom. The lowest BCUT2D eigenvalue weighted by molar-refractivity contribution is 0.0724. The highest BCUT2D eigenvalue weighted by atomic mass is 32.2. The zero-order valence-corrected chi connectivity index (χ0v) is 21.4. The molecule has 3 aromatic rings. The van der Waals surface area contributed by atoms with Crippen LogP contribution in [-0.4, -0.2) is 56.1 Å². The highest BCUT2D eigenvalue weighted by Gasteiger charge is 2.27. The SMILES string of the molecule is CS(=O)(=O)Nc1cc(N2CCc3cc(-c4ccc(C(=O)N5CCCCC5)cc4)ccc3C2=O)ccc1O. The average molecular weight is 520 g/mol. The van der Waals surface area contributed by atoms with Crippen molar-refractivity contribution in [2.45, 2.75) is 25.7 Å². The average Bonchev–Trinajstić information content (AvgIpc) is 2.89. The van der Waals surface area contributed by atoms with Gasteiger partial charge in [-0.25, -0.2) is 8.42 Å². The molecule has 1 fully saturated rings. The van der Waals surface area contributed by atoms with Crippen LogP contribution in [0.3, 0.4) is 0 Å². The minimum Gasteiger partial charge on any atom is -0.506 e. The number of benzene rings is 3. The fourth-order valence-corrected chi connectivity index (χ4v) is 5.54. The van der Waals surface area contributed by atoms with Gasteiger partial charge in [0.25, 0.3) is 11.8 Å². The number of rotatable bonds is 5. The molecular formula is C28H29N3O5S. The minimum absolute atomic E-state index is 0.0242. The van der Waals surface area contributed by atoms with Gasteiger partial charge in [-0.15, -0.1) is 0 Å². The van der Waals surface area contributed by atoms with Gasteiger partial charge in [0.2, 0.25) is 10.0 Å². The number of aromatic hydroxyl groups is 1.